The highest BCUT2D eigenvalue weighted by Gasteiger charge is 2.22. The molecule has 7 nitrogen and oxygen atoms in total. The van der Waals surface area contributed by atoms with Gasteiger partial charge in [-0.15, -0.1) is 0 Å². The van der Waals surface area contributed by atoms with Gasteiger partial charge in [0.25, 0.3) is 10.0 Å². The van der Waals surface area contributed by atoms with Crippen molar-refractivity contribution >= 4 is 39.0 Å². The largest absolute Gasteiger partial charge is 0.465 e. The van der Waals surface area contributed by atoms with E-state index in [-0.39, 0.29) is 16.5 Å². The van der Waals surface area contributed by atoms with E-state index >= 15 is 0 Å². The molecular formula is C18H21ClN2O5S. The van der Waals surface area contributed by atoms with E-state index in [1.165, 1.54) is 25.3 Å². The molecule has 0 saturated heterocycles. The molecule has 27 heavy (non-hydrogen) atoms. The second-order valence-corrected chi connectivity index (χ2v) is 7.90. The normalized spacial score (nSPS) is 12.3. The van der Waals surface area contributed by atoms with Crippen LogP contribution in [0.1, 0.15) is 17.3 Å². The molecule has 2 aromatic carbocycles. The Balaban J connectivity index is 2.45. The van der Waals surface area contributed by atoms with Crippen LogP contribution in [-0.2, 0) is 19.5 Å². The molecule has 2 rings (SSSR count). The van der Waals surface area contributed by atoms with Crippen molar-refractivity contribution in [2.75, 3.05) is 30.9 Å². The molecule has 0 heterocycles. The number of sulfonamides is 1. The lowest BCUT2D eigenvalue weighted by Crippen LogP contribution is -2.23. The van der Waals surface area contributed by atoms with Crippen LogP contribution in [0.3, 0.4) is 0 Å². The summed E-state index contributed by atoms with van der Waals surface area (Å²) >= 11 is 5.83. The Bertz CT molecular complexity index is 900. The summed E-state index contributed by atoms with van der Waals surface area (Å²) in [7, 11) is -1.20. The molecular weight excluding hydrogens is 392 g/mol. The Labute approximate surface area is 163 Å². The van der Waals surface area contributed by atoms with Crippen LogP contribution in [0, 0.1) is 0 Å². The Kier molecular flexibility index (Phi) is 7.06. The molecule has 1 unspecified atom stereocenters. The van der Waals surface area contributed by atoms with Crippen molar-refractivity contribution in [1.29, 1.82) is 0 Å². The fraction of sp³-hybridized carbons (Fsp3) is 0.278. The molecule has 146 valence electrons. The number of halogens is 1. The summed E-state index contributed by atoms with van der Waals surface area (Å²) in [5.74, 6) is -0.630. The lowest BCUT2D eigenvalue weighted by molar-refractivity contribution is 0.0600. The van der Waals surface area contributed by atoms with Gasteiger partial charge < -0.3 is 14.8 Å². The number of nitrogens with one attached hydrogen (secondary N) is 2. The second-order valence-electron chi connectivity index (χ2n) is 5.82. The topological polar surface area (TPSA) is 93.7 Å². The molecule has 0 saturated carbocycles. The third kappa shape index (κ3) is 5.59. The third-order valence-corrected chi connectivity index (χ3v) is 5.28. The molecule has 2 N–H and O–H groups in total. The maximum atomic E-state index is 12.9. The summed E-state index contributed by atoms with van der Waals surface area (Å²) in [6.45, 7) is 2.23. The van der Waals surface area contributed by atoms with Crippen LogP contribution < -0.4 is 10.0 Å². The van der Waals surface area contributed by atoms with Gasteiger partial charge in [-0.05, 0) is 49.4 Å². The fourth-order valence-electron chi connectivity index (χ4n) is 2.39. The minimum atomic E-state index is -3.99. The van der Waals surface area contributed by atoms with Crippen LogP contribution in [0.25, 0.3) is 0 Å². The van der Waals surface area contributed by atoms with Crippen LogP contribution in [0.4, 0.5) is 11.4 Å². The predicted octanol–water partition coefficient (Wildman–Crippen LogP) is 3.37. The molecule has 0 spiro atoms. The summed E-state index contributed by atoms with van der Waals surface area (Å²) in [4.78, 5) is 11.8. The maximum Gasteiger partial charge on any atom is 0.337 e. The number of carbonyl (C=O) groups excluding carboxylic acids is 1. The number of ether oxygens (including phenoxy) is 2. The summed E-state index contributed by atoms with van der Waals surface area (Å²) in [6.07, 6.45) is 0. The summed E-state index contributed by atoms with van der Waals surface area (Å²) in [5.41, 5.74) is 0.811. The highest BCUT2D eigenvalue weighted by molar-refractivity contribution is 7.92. The Morgan fingerprint density at radius 2 is 1.81 bits per heavy atom. The number of hydrogen-bond donors (Lipinski definition) is 2. The number of anilines is 2. The molecule has 0 aromatic heterocycles. The average molecular weight is 413 g/mol. The van der Waals surface area contributed by atoms with Gasteiger partial charge in [0.05, 0.1) is 25.0 Å². The molecule has 0 aliphatic heterocycles. The number of esters is 1. The third-order valence-electron chi connectivity index (χ3n) is 3.61. The van der Waals surface area contributed by atoms with Crippen molar-refractivity contribution in [2.24, 2.45) is 0 Å². The van der Waals surface area contributed by atoms with Gasteiger partial charge in [-0.1, -0.05) is 11.6 Å². The molecule has 0 aliphatic rings. The number of rotatable bonds is 8. The van der Waals surface area contributed by atoms with Gasteiger partial charge in [0.2, 0.25) is 0 Å². The quantitative estimate of drug-likeness (QED) is 0.645. The molecule has 0 aliphatic carbocycles. The first kappa shape index (κ1) is 21.0. The van der Waals surface area contributed by atoms with E-state index in [0.717, 1.165) is 0 Å². The van der Waals surface area contributed by atoms with Crippen LogP contribution in [0.5, 0.6) is 0 Å². The molecule has 0 amide bonds. The second kappa shape index (κ2) is 9.07. The van der Waals surface area contributed by atoms with Crippen molar-refractivity contribution < 1.29 is 22.7 Å². The molecule has 9 heteroatoms. The van der Waals surface area contributed by atoms with E-state index in [0.29, 0.717) is 23.0 Å². The van der Waals surface area contributed by atoms with Gasteiger partial charge in [-0.2, -0.15) is 0 Å². The van der Waals surface area contributed by atoms with E-state index in [2.05, 4.69) is 14.8 Å². The van der Waals surface area contributed by atoms with Gasteiger partial charge >= 0.3 is 5.97 Å². The zero-order chi connectivity index (χ0) is 20.0. The van der Waals surface area contributed by atoms with Gasteiger partial charge in [0.1, 0.15) is 4.90 Å². The number of methoxy groups -OCH3 is 2. The van der Waals surface area contributed by atoms with E-state index in [9.17, 15) is 13.2 Å². The summed E-state index contributed by atoms with van der Waals surface area (Å²) in [6, 6.07) is 10.4. The average Bonchev–Trinajstić information content (AvgIpc) is 2.63. The van der Waals surface area contributed by atoms with Crippen molar-refractivity contribution in [2.45, 2.75) is 17.9 Å². The van der Waals surface area contributed by atoms with E-state index < -0.39 is 16.0 Å². The van der Waals surface area contributed by atoms with Crippen molar-refractivity contribution in [3.63, 3.8) is 0 Å². The van der Waals surface area contributed by atoms with Crippen LogP contribution in [0.15, 0.2) is 47.4 Å². The predicted molar refractivity (Wildman–Crippen MR) is 105 cm³/mol. The van der Waals surface area contributed by atoms with Crippen molar-refractivity contribution in [3.05, 3.63) is 53.1 Å². The van der Waals surface area contributed by atoms with Gasteiger partial charge in [0, 0.05) is 23.9 Å². The maximum absolute atomic E-state index is 12.9. The Hall–Kier alpha value is -2.29. The smallest absolute Gasteiger partial charge is 0.337 e. The minimum absolute atomic E-state index is 0.0803. The lowest BCUT2D eigenvalue weighted by atomic mass is 10.2. The SMILES string of the molecule is COCC(C)Nc1ccc(C(=O)OC)cc1S(=O)(=O)Nc1ccc(Cl)cc1. The Morgan fingerprint density at radius 1 is 1.15 bits per heavy atom. The standard InChI is InChI=1S/C18H21ClN2O5S/c1-12(11-25-2)20-16-9-4-13(18(22)26-3)10-17(16)27(23,24)21-15-7-5-14(19)6-8-15/h4-10,12,20-21H,11H2,1-3H3. The molecule has 0 fully saturated rings. The van der Waals surface area contributed by atoms with Crippen LogP contribution in [0.2, 0.25) is 5.02 Å². The van der Waals surface area contributed by atoms with E-state index in [1.54, 1.807) is 31.4 Å². The number of hydrogen-bond acceptors (Lipinski definition) is 6. The lowest BCUT2D eigenvalue weighted by Gasteiger charge is -2.19. The van der Waals surface area contributed by atoms with Crippen LogP contribution in [-0.4, -0.2) is 41.3 Å². The molecule has 2 aromatic rings. The van der Waals surface area contributed by atoms with Crippen LogP contribution >= 0.6 is 11.6 Å². The molecule has 0 bridgehead atoms. The fourth-order valence-corrected chi connectivity index (χ4v) is 3.77. The zero-order valence-electron chi connectivity index (χ0n) is 15.2. The van der Waals surface area contributed by atoms with Crippen molar-refractivity contribution in [1.82, 2.24) is 0 Å². The number of carbonyl (C=O) groups is 1. The highest BCUT2D eigenvalue weighted by atomic mass is 35.5. The van der Waals surface area contributed by atoms with Gasteiger partial charge in [-0.3, -0.25) is 4.72 Å². The molecule has 0 radical (unpaired) electrons. The first-order valence-electron chi connectivity index (χ1n) is 8.03. The monoisotopic (exact) mass is 412 g/mol. The Morgan fingerprint density at radius 3 is 2.41 bits per heavy atom. The van der Waals surface area contributed by atoms with Crippen molar-refractivity contribution in [3.8, 4) is 0 Å². The van der Waals surface area contributed by atoms with E-state index in [4.69, 9.17) is 16.3 Å². The van der Waals surface area contributed by atoms with Gasteiger partial charge in [-0.25, -0.2) is 13.2 Å². The highest BCUT2D eigenvalue weighted by Crippen LogP contribution is 2.27. The first-order valence-corrected chi connectivity index (χ1v) is 9.89. The zero-order valence-corrected chi connectivity index (χ0v) is 16.7. The number of benzene rings is 2. The molecule has 1 atom stereocenters. The minimum Gasteiger partial charge on any atom is -0.465 e. The summed E-state index contributed by atoms with van der Waals surface area (Å²) < 4.78 is 38.1. The first-order chi connectivity index (χ1) is 12.8. The van der Waals surface area contributed by atoms with E-state index in [1.807, 2.05) is 6.92 Å². The summed E-state index contributed by atoms with van der Waals surface area (Å²) in [5, 5.41) is 3.57. The van der Waals surface area contributed by atoms with Gasteiger partial charge in [0.15, 0.2) is 0 Å².